The predicted molar refractivity (Wildman–Crippen MR) is 76.6 cm³/mol. The van der Waals surface area contributed by atoms with Gasteiger partial charge in [0.1, 0.15) is 5.82 Å². The van der Waals surface area contributed by atoms with Crippen LogP contribution in [0.25, 0.3) is 11.4 Å². The van der Waals surface area contributed by atoms with Crippen molar-refractivity contribution in [3.05, 3.63) is 52.6 Å². The molecule has 3 aromatic rings. The Labute approximate surface area is 127 Å². The van der Waals surface area contributed by atoms with Crippen LogP contribution >= 0.6 is 15.9 Å². The van der Waals surface area contributed by atoms with E-state index in [9.17, 15) is 4.39 Å². The molecular formula is C13H11BrFN5O. The summed E-state index contributed by atoms with van der Waals surface area (Å²) in [6.45, 7) is 0. The number of nitrogens with zero attached hydrogens (tertiary/aromatic N) is 3. The Hall–Kier alpha value is -2.06. The Morgan fingerprint density at radius 1 is 1.38 bits per heavy atom. The number of nitrogens with one attached hydrogen (secondary N) is 1. The second-order valence-corrected chi connectivity index (χ2v) is 5.42. The van der Waals surface area contributed by atoms with Crippen molar-refractivity contribution in [3.8, 4) is 11.4 Å². The Morgan fingerprint density at radius 2 is 2.24 bits per heavy atom. The smallest absolute Gasteiger partial charge is 0.244 e. The number of hydrogen-bond donors (Lipinski definition) is 2. The van der Waals surface area contributed by atoms with Crippen LogP contribution < -0.4 is 5.73 Å². The largest absolute Gasteiger partial charge is 0.348 e. The highest BCUT2D eigenvalue weighted by Crippen LogP contribution is 2.24. The fourth-order valence-electron chi connectivity index (χ4n) is 1.91. The average molecular weight is 352 g/mol. The summed E-state index contributed by atoms with van der Waals surface area (Å²) in [4.78, 5) is 11.1. The number of aromatic amines is 1. The molecule has 1 aromatic carbocycles. The zero-order chi connectivity index (χ0) is 14.8. The second-order valence-electron chi connectivity index (χ2n) is 4.50. The minimum Gasteiger partial charge on any atom is -0.348 e. The average Bonchev–Trinajstić information content (AvgIpc) is 3.08. The van der Waals surface area contributed by atoms with Crippen LogP contribution in [-0.4, -0.2) is 20.1 Å². The maximum Gasteiger partial charge on any atom is 0.244 e. The molecule has 0 saturated heterocycles. The highest BCUT2D eigenvalue weighted by molar-refractivity contribution is 9.10. The van der Waals surface area contributed by atoms with E-state index in [1.165, 1.54) is 12.1 Å². The molecular weight excluding hydrogens is 341 g/mol. The highest BCUT2D eigenvalue weighted by atomic mass is 79.9. The van der Waals surface area contributed by atoms with Gasteiger partial charge < -0.3 is 15.2 Å². The van der Waals surface area contributed by atoms with E-state index < -0.39 is 6.04 Å². The van der Waals surface area contributed by atoms with Crippen LogP contribution in [0.1, 0.15) is 17.6 Å². The molecule has 0 spiro atoms. The molecule has 0 fully saturated rings. The summed E-state index contributed by atoms with van der Waals surface area (Å²) in [5.74, 6) is 0.206. The van der Waals surface area contributed by atoms with Crippen LogP contribution in [-0.2, 0) is 6.42 Å². The van der Waals surface area contributed by atoms with E-state index in [0.29, 0.717) is 28.2 Å². The number of rotatable bonds is 4. The third kappa shape index (κ3) is 3.17. The first-order chi connectivity index (χ1) is 10.1. The van der Waals surface area contributed by atoms with Gasteiger partial charge in [-0.3, -0.25) is 0 Å². The predicted octanol–water partition coefficient (Wildman–Crippen LogP) is 2.60. The lowest BCUT2D eigenvalue weighted by molar-refractivity contribution is 0.354. The molecule has 0 unspecified atom stereocenters. The van der Waals surface area contributed by atoms with E-state index in [-0.39, 0.29) is 5.82 Å². The number of hydrogen-bond acceptors (Lipinski definition) is 5. The third-order valence-electron chi connectivity index (χ3n) is 2.87. The van der Waals surface area contributed by atoms with Gasteiger partial charge in [-0.1, -0.05) is 21.1 Å². The van der Waals surface area contributed by atoms with E-state index in [2.05, 4.69) is 36.0 Å². The molecule has 1 atom stereocenters. The fourth-order valence-corrected chi connectivity index (χ4v) is 2.37. The first kappa shape index (κ1) is 13.9. The van der Waals surface area contributed by atoms with E-state index in [4.69, 9.17) is 10.3 Å². The van der Waals surface area contributed by atoms with Gasteiger partial charge in [0.25, 0.3) is 0 Å². The number of H-pyrrole nitrogens is 1. The molecule has 3 rings (SSSR count). The minimum absolute atomic E-state index is 0.292. The van der Waals surface area contributed by atoms with Gasteiger partial charge in [-0.15, -0.1) is 0 Å². The lowest BCUT2D eigenvalue weighted by atomic mass is 10.2. The summed E-state index contributed by atoms with van der Waals surface area (Å²) in [5, 5.41) is 3.84. The first-order valence-corrected chi connectivity index (χ1v) is 6.94. The molecule has 0 amide bonds. The van der Waals surface area contributed by atoms with Gasteiger partial charge in [-0.2, -0.15) is 4.98 Å². The van der Waals surface area contributed by atoms with Gasteiger partial charge in [0.15, 0.2) is 0 Å². The minimum atomic E-state index is -0.455. The number of aromatic nitrogens is 4. The second kappa shape index (κ2) is 5.74. The SMILES string of the molecule is N[C@@H](Cc1cnc[nH]1)c1nc(-c2cc(F)cc(Br)c2)no1. The van der Waals surface area contributed by atoms with Crippen molar-refractivity contribution >= 4 is 15.9 Å². The molecule has 108 valence electrons. The molecule has 0 saturated carbocycles. The van der Waals surface area contributed by atoms with E-state index in [1.54, 1.807) is 18.6 Å². The fraction of sp³-hybridized carbons (Fsp3) is 0.154. The molecule has 8 heteroatoms. The molecule has 0 aliphatic carbocycles. The van der Waals surface area contributed by atoms with Crippen molar-refractivity contribution in [3.63, 3.8) is 0 Å². The van der Waals surface area contributed by atoms with Crippen LogP contribution in [0.5, 0.6) is 0 Å². The van der Waals surface area contributed by atoms with Gasteiger partial charge in [-0.05, 0) is 18.2 Å². The molecule has 21 heavy (non-hydrogen) atoms. The first-order valence-electron chi connectivity index (χ1n) is 6.15. The van der Waals surface area contributed by atoms with Gasteiger partial charge in [0.2, 0.25) is 11.7 Å². The van der Waals surface area contributed by atoms with E-state index in [0.717, 1.165) is 5.69 Å². The Balaban J connectivity index is 1.82. The Bertz CT molecular complexity index is 723. The quantitative estimate of drug-likeness (QED) is 0.753. The molecule has 0 radical (unpaired) electrons. The van der Waals surface area contributed by atoms with Crippen LogP contribution in [0.4, 0.5) is 4.39 Å². The molecule has 0 aliphatic rings. The van der Waals surface area contributed by atoms with Gasteiger partial charge >= 0.3 is 0 Å². The summed E-state index contributed by atoms with van der Waals surface area (Å²) >= 11 is 3.22. The summed E-state index contributed by atoms with van der Waals surface area (Å²) in [5.41, 5.74) is 7.40. The topological polar surface area (TPSA) is 93.6 Å². The number of benzene rings is 1. The summed E-state index contributed by atoms with van der Waals surface area (Å²) < 4.78 is 19.1. The van der Waals surface area contributed by atoms with Crippen LogP contribution in [0.3, 0.4) is 0 Å². The highest BCUT2D eigenvalue weighted by Gasteiger charge is 2.17. The van der Waals surface area contributed by atoms with Crippen molar-refractivity contribution in [1.29, 1.82) is 0 Å². The maximum absolute atomic E-state index is 13.4. The summed E-state index contributed by atoms with van der Waals surface area (Å²) in [6, 6.07) is 3.94. The zero-order valence-corrected chi connectivity index (χ0v) is 12.3. The van der Waals surface area contributed by atoms with E-state index in [1.807, 2.05) is 0 Å². The summed E-state index contributed by atoms with van der Waals surface area (Å²) in [7, 11) is 0. The monoisotopic (exact) mass is 351 g/mol. The van der Waals surface area contributed by atoms with E-state index >= 15 is 0 Å². The number of nitrogens with two attached hydrogens (primary N) is 1. The van der Waals surface area contributed by atoms with Crippen LogP contribution in [0.2, 0.25) is 0 Å². The number of imidazole rings is 1. The molecule has 0 aliphatic heterocycles. The standard InChI is InChI=1S/C13H11BrFN5O/c14-8-1-7(2-9(15)3-8)12-19-13(21-20-12)11(16)4-10-5-17-6-18-10/h1-3,5-6,11H,4,16H2,(H,17,18)/t11-/m0/s1. The zero-order valence-electron chi connectivity index (χ0n) is 10.8. The molecule has 0 bridgehead atoms. The Morgan fingerprint density at radius 3 is 2.95 bits per heavy atom. The lowest BCUT2D eigenvalue weighted by Crippen LogP contribution is -2.14. The lowest BCUT2D eigenvalue weighted by Gasteiger charge is -2.03. The van der Waals surface area contributed by atoms with Crippen molar-refractivity contribution in [2.45, 2.75) is 12.5 Å². The van der Waals surface area contributed by atoms with Gasteiger partial charge in [0.05, 0.1) is 12.4 Å². The Kier molecular flexibility index (Phi) is 3.80. The van der Waals surface area contributed by atoms with Gasteiger partial charge in [-0.25, -0.2) is 9.37 Å². The third-order valence-corrected chi connectivity index (χ3v) is 3.33. The van der Waals surface area contributed by atoms with Crippen molar-refractivity contribution in [2.24, 2.45) is 5.73 Å². The molecule has 2 aromatic heterocycles. The van der Waals surface area contributed by atoms with Crippen LogP contribution in [0, 0.1) is 5.82 Å². The van der Waals surface area contributed by atoms with Gasteiger partial charge in [0, 0.05) is 28.3 Å². The molecule has 2 heterocycles. The summed E-state index contributed by atoms with van der Waals surface area (Å²) in [6.07, 6.45) is 3.75. The van der Waals surface area contributed by atoms with Crippen molar-refractivity contribution in [1.82, 2.24) is 20.1 Å². The molecule has 3 N–H and O–H groups in total. The maximum atomic E-state index is 13.4. The van der Waals surface area contributed by atoms with Crippen molar-refractivity contribution in [2.75, 3.05) is 0 Å². The normalized spacial score (nSPS) is 12.5. The van der Waals surface area contributed by atoms with Crippen molar-refractivity contribution < 1.29 is 8.91 Å². The number of halogens is 2. The molecule has 6 nitrogen and oxygen atoms in total. The van der Waals surface area contributed by atoms with Crippen LogP contribution in [0.15, 0.2) is 39.7 Å².